The van der Waals surface area contributed by atoms with Gasteiger partial charge in [0.1, 0.15) is 6.04 Å². The lowest BCUT2D eigenvalue weighted by Crippen LogP contribution is -2.50. The maximum atomic E-state index is 12.4. The van der Waals surface area contributed by atoms with Crippen LogP contribution in [0.3, 0.4) is 0 Å². The summed E-state index contributed by atoms with van der Waals surface area (Å²) in [6.45, 7) is 2.51. The molecule has 0 spiro atoms. The van der Waals surface area contributed by atoms with Crippen molar-refractivity contribution in [3.8, 4) is 0 Å². The molecular formula is C16H19Cl2N3O3. The van der Waals surface area contributed by atoms with Crippen LogP contribution in [0.4, 0.5) is 0 Å². The lowest BCUT2D eigenvalue weighted by atomic mass is 9.96. The number of rotatable bonds is 4. The fourth-order valence-corrected chi connectivity index (χ4v) is 3.06. The number of likely N-dealkylation sites (tertiary alicyclic amines) is 1. The van der Waals surface area contributed by atoms with Gasteiger partial charge in [0.25, 0.3) is 5.91 Å². The molecule has 1 fully saturated rings. The van der Waals surface area contributed by atoms with E-state index in [-0.39, 0.29) is 33.3 Å². The van der Waals surface area contributed by atoms with Crippen LogP contribution in [0.2, 0.25) is 10.0 Å². The Morgan fingerprint density at radius 1 is 1.25 bits per heavy atom. The first-order chi connectivity index (χ1) is 11.3. The number of nitrogens with two attached hydrogens (primary N) is 1. The van der Waals surface area contributed by atoms with Crippen molar-refractivity contribution in [1.82, 2.24) is 10.2 Å². The highest BCUT2D eigenvalue weighted by molar-refractivity contribution is 6.43. The standard InChI is InChI=1S/C16H19Cl2N3O3/c1-9(16(24)21-7-5-10(6-8-21)14(19)22)20-15(23)11-3-2-4-12(17)13(11)18/h2-4,9-10H,5-8H2,1H3,(H2,19,22)(H,20,23). The van der Waals surface area contributed by atoms with Crippen molar-refractivity contribution in [2.45, 2.75) is 25.8 Å². The summed E-state index contributed by atoms with van der Waals surface area (Å²) >= 11 is 11.9. The summed E-state index contributed by atoms with van der Waals surface area (Å²) in [5, 5.41) is 3.06. The van der Waals surface area contributed by atoms with Crippen LogP contribution in [0.1, 0.15) is 30.1 Å². The number of primary amides is 1. The second kappa shape index (κ2) is 7.85. The molecule has 1 saturated heterocycles. The van der Waals surface area contributed by atoms with E-state index in [0.29, 0.717) is 25.9 Å². The minimum Gasteiger partial charge on any atom is -0.369 e. The van der Waals surface area contributed by atoms with E-state index in [1.165, 1.54) is 0 Å². The normalized spacial score (nSPS) is 16.5. The van der Waals surface area contributed by atoms with E-state index in [1.54, 1.807) is 30.0 Å². The minimum atomic E-state index is -0.710. The average molecular weight is 372 g/mol. The Kier molecular flexibility index (Phi) is 6.07. The summed E-state index contributed by atoms with van der Waals surface area (Å²) in [7, 11) is 0. The van der Waals surface area contributed by atoms with E-state index in [0.717, 1.165) is 0 Å². The highest BCUT2D eigenvalue weighted by Gasteiger charge is 2.29. The molecule has 0 radical (unpaired) electrons. The van der Waals surface area contributed by atoms with Gasteiger partial charge in [-0.2, -0.15) is 0 Å². The molecule has 3 amide bonds. The largest absolute Gasteiger partial charge is 0.369 e. The monoisotopic (exact) mass is 371 g/mol. The molecular weight excluding hydrogens is 353 g/mol. The van der Waals surface area contributed by atoms with Crippen molar-refractivity contribution in [3.63, 3.8) is 0 Å². The van der Waals surface area contributed by atoms with E-state index in [9.17, 15) is 14.4 Å². The van der Waals surface area contributed by atoms with Crippen LogP contribution in [0.5, 0.6) is 0 Å². The summed E-state index contributed by atoms with van der Waals surface area (Å²) in [6, 6.07) is 4.03. The highest BCUT2D eigenvalue weighted by Crippen LogP contribution is 2.25. The first kappa shape index (κ1) is 18.5. The third kappa shape index (κ3) is 4.19. The van der Waals surface area contributed by atoms with Crippen LogP contribution >= 0.6 is 23.2 Å². The maximum absolute atomic E-state index is 12.4. The molecule has 8 heteroatoms. The Morgan fingerprint density at radius 2 is 1.88 bits per heavy atom. The number of nitrogens with zero attached hydrogens (tertiary/aromatic N) is 1. The number of carbonyl (C=O) groups excluding carboxylic acids is 3. The first-order valence-electron chi connectivity index (χ1n) is 7.64. The van der Waals surface area contributed by atoms with Crippen LogP contribution in [0.25, 0.3) is 0 Å². The van der Waals surface area contributed by atoms with E-state index < -0.39 is 11.9 Å². The van der Waals surface area contributed by atoms with E-state index in [4.69, 9.17) is 28.9 Å². The summed E-state index contributed by atoms with van der Waals surface area (Å²) in [5.74, 6) is -1.19. The Hall–Kier alpha value is -1.79. The quantitative estimate of drug-likeness (QED) is 0.845. The second-order valence-electron chi connectivity index (χ2n) is 5.80. The zero-order chi connectivity index (χ0) is 17.9. The third-order valence-electron chi connectivity index (χ3n) is 4.12. The molecule has 1 atom stereocenters. The van der Waals surface area contributed by atoms with Crippen molar-refractivity contribution in [2.24, 2.45) is 11.7 Å². The maximum Gasteiger partial charge on any atom is 0.253 e. The molecule has 1 heterocycles. The Balaban J connectivity index is 1.95. The van der Waals surface area contributed by atoms with Gasteiger partial charge in [-0.1, -0.05) is 29.3 Å². The molecule has 3 N–H and O–H groups in total. The zero-order valence-electron chi connectivity index (χ0n) is 13.2. The van der Waals surface area contributed by atoms with Gasteiger partial charge in [0.15, 0.2) is 0 Å². The molecule has 2 rings (SSSR count). The van der Waals surface area contributed by atoms with Gasteiger partial charge < -0.3 is 16.0 Å². The summed E-state index contributed by atoms with van der Waals surface area (Å²) in [6.07, 6.45) is 1.09. The van der Waals surface area contributed by atoms with Gasteiger partial charge in [-0.15, -0.1) is 0 Å². The van der Waals surface area contributed by atoms with Crippen LogP contribution in [-0.2, 0) is 9.59 Å². The van der Waals surface area contributed by atoms with Gasteiger partial charge in [-0.3, -0.25) is 14.4 Å². The van der Waals surface area contributed by atoms with Gasteiger partial charge in [0, 0.05) is 19.0 Å². The van der Waals surface area contributed by atoms with Crippen molar-refractivity contribution in [1.29, 1.82) is 0 Å². The third-order valence-corrected chi connectivity index (χ3v) is 4.94. The Labute approximate surface area is 150 Å². The lowest BCUT2D eigenvalue weighted by Gasteiger charge is -2.32. The molecule has 1 unspecified atom stereocenters. The molecule has 1 aliphatic rings. The number of hydrogen-bond donors (Lipinski definition) is 2. The lowest BCUT2D eigenvalue weighted by molar-refractivity contribution is -0.136. The van der Waals surface area contributed by atoms with E-state index in [2.05, 4.69) is 5.32 Å². The smallest absolute Gasteiger partial charge is 0.253 e. The molecule has 1 aliphatic heterocycles. The van der Waals surface area contributed by atoms with Gasteiger partial charge >= 0.3 is 0 Å². The number of halogens is 2. The van der Waals surface area contributed by atoms with Gasteiger partial charge in [0.05, 0.1) is 15.6 Å². The van der Waals surface area contributed by atoms with Gasteiger partial charge in [-0.25, -0.2) is 0 Å². The number of amides is 3. The molecule has 1 aromatic carbocycles. The molecule has 24 heavy (non-hydrogen) atoms. The topological polar surface area (TPSA) is 92.5 Å². The molecule has 0 bridgehead atoms. The summed E-state index contributed by atoms with van der Waals surface area (Å²) in [4.78, 5) is 37.5. The first-order valence-corrected chi connectivity index (χ1v) is 8.39. The average Bonchev–Trinajstić information content (AvgIpc) is 2.56. The number of nitrogens with one attached hydrogen (secondary N) is 1. The van der Waals surface area contributed by atoms with E-state index >= 15 is 0 Å². The van der Waals surface area contributed by atoms with Crippen LogP contribution in [0, 0.1) is 5.92 Å². The fraction of sp³-hybridized carbons (Fsp3) is 0.438. The fourth-order valence-electron chi connectivity index (χ4n) is 2.67. The zero-order valence-corrected chi connectivity index (χ0v) is 14.7. The molecule has 130 valence electrons. The van der Waals surface area contributed by atoms with E-state index in [1.807, 2.05) is 0 Å². The van der Waals surface area contributed by atoms with Crippen LogP contribution in [0.15, 0.2) is 18.2 Å². The molecule has 0 aromatic heterocycles. The molecule has 0 aliphatic carbocycles. The van der Waals surface area contributed by atoms with Gasteiger partial charge in [0.2, 0.25) is 11.8 Å². The van der Waals surface area contributed by atoms with Crippen molar-refractivity contribution in [2.75, 3.05) is 13.1 Å². The molecule has 6 nitrogen and oxygen atoms in total. The molecule has 1 aromatic rings. The number of hydrogen-bond acceptors (Lipinski definition) is 3. The highest BCUT2D eigenvalue weighted by atomic mass is 35.5. The number of piperidine rings is 1. The van der Waals surface area contributed by atoms with Crippen LogP contribution in [-0.4, -0.2) is 41.8 Å². The van der Waals surface area contributed by atoms with Crippen molar-refractivity contribution < 1.29 is 14.4 Å². The minimum absolute atomic E-state index is 0.151. The predicted octanol–water partition coefficient (Wildman–Crippen LogP) is 1.84. The van der Waals surface area contributed by atoms with Crippen LogP contribution < -0.4 is 11.1 Å². The number of carbonyl (C=O) groups is 3. The number of benzene rings is 1. The second-order valence-corrected chi connectivity index (χ2v) is 6.58. The van der Waals surface area contributed by atoms with Crippen molar-refractivity contribution in [3.05, 3.63) is 33.8 Å². The Bertz CT molecular complexity index is 658. The summed E-state index contributed by atoms with van der Waals surface area (Å²) in [5.41, 5.74) is 5.50. The Morgan fingerprint density at radius 3 is 2.46 bits per heavy atom. The SMILES string of the molecule is CC(NC(=O)c1cccc(Cl)c1Cl)C(=O)N1CCC(C(N)=O)CC1. The predicted molar refractivity (Wildman–Crippen MR) is 91.9 cm³/mol. The molecule has 0 saturated carbocycles. The van der Waals surface area contributed by atoms with Crippen molar-refractivity contribution >= 4 is 40.9 Å². The van der Waals surface area contributed by atoms with Gasteiger partial charge in [-0.05, 0) is 31.9 Å². The summed E-state index contributed by atoms with van der Waals surface area (Å²) < 4.78 is 0.